The summed E-state index contributed by atoms with van der Waals surface area (Å²) in [5.74, 6) is 1.54. The Balaban J connectivity index is 2.29. The molecule has 0 unspecified atom stereocenters. The van der Waals surface area contributed by atoms with Crippen molar-refractivity contribution in [3.05, 3.63) is 29.3 Å². The first-order chi connectivity index (χ1) is 11.4. The maximum atomic E-state index is 11.6. The normalized spacial score (nSPS) is 11.3. The third kappa shape index (κ3) is 8.06. The summed E-state index contributed by atoms with van der Waals surface area (Å²) < 4.78 is 5.67. The fourth-order valence-corrected chi connectivity index (χ4v) is 2.13. The molecule has 6 nitrogen and oxygen atoms in total. The molecule has 0 spiro atoms. The smallest absolute Gasteiger partial charge is 0.221 e. The van der Waals surface area contributed by atoms with Crippen LogP contribution in [0.15, 0.2) is 29.3 Å². The number of rotatable bonds is 8. The molecule has 0 fully saturated rings. The predicted octanol–water partition coefficient (Wildman–Crippen LogP) is 2.14. The Kier molecular flexibility index (Phi) is 9.01. The van der Waals surface area contributed by atoms with E-state index in [2.05, 4.69) is 15.6 Å². The molecule has 0 heterocycles. The molecular formula is C17H27ClN4O2. The van der Waals surface area contributed by atoms with Crippen molar-refractivity contribution in [3.8, 4) is 5.75 Å². The van der Waals surface area contributed by atoms with E-state index in [1.165, 1.54) is 0 Å². The van der Waals surface area contributed by atoms with Crippen molar-refractivity contribution in [1.29, 1.82) is 0 Å². The van der Waals surface area contributed by atoms with Gasteiger partial charge in [0.15, 0.2) is 5.96 Å². The third-order valence-corrected chi connectivity index (χ3v) is 3.42. The number of carbonyl (C=O) groups is 1. The first-order valence-electron chi connectivity index (χ1n) is 8.02. The fourth-order valence-electron chi connectivity index (χ4n) is 2.00. The van der Waals surface area contributed by atoms with Gasteiger partial charge in [-0.2, -0.15) is 0 Å². The number of halogens is 1. The highest BCUT2D eigenvalue weighted by Crippen LogP contribution is 2.15. The zero-order valence-electron chi connectivity index (χ0n) is 14.8. The highest BCUT2D eigenvalue weighted by atomic mass is 35.5. The van der Waals surface area contributed by atoms with Crippen molar-refractivity contribution in [2.45, 2.75) is 26.3 Å². The van der Waals surface area contributed by atoms with Crippen LogP contribution in [0, 0.1) is 0 Å². The standard InChI is InChI=1S/C17H27ClN4O2/c1-13(2)21-16(23)9-10-20-17(19-3)22(4)11-12-24-15-7-5-14(18)6-8-15/h5-8,13H,9-12H2,1-4H3,(H,19,20)(H,21,23). The van der Waals surface area contributed by atoms with Gasteiger partial charge in [-0.25, -0.2) is 0 Å². The molecule has 1 aromatic rings. The minimum atomic E-state index is 0.0293. The highest BCUT2D eigenvalue weighted by molar-refractivity contribution is 6.30. The van der Waals surface area contributed by atoms with Crippen LogP contribution in [-0.2, 0) is 4.79 Å². The summed E-state index contributed by atoms with van der Waals surface area (Å²) in [6.07, 6.45) is 0.409. The Bertz CT molecular complexity index is 532. The summed E-state index contributed by atoms with van der Waals surface area (Å²) in [5.41, 5.74) is 0. The molecule has 1 rings (SSSR count). The number of hydrogen-bond donors (Lipinski definition) is 2. The third-order valence-electron chi connectivity index (χ3n) is 3.17. The summed E-state index contributed by atoms with van der Waals surface area (Å²) >= 11 is 5.84. The summed E-state index contributed by atoms with van der Waals surface area (Å²) in [7, 11) is 3.64. The zero-order chi connectivity index (χ0) is 17.9. The molecule has 0 atom stereocenters. The Morgan fingerprint density at radius 2 is 2.00 bits per heavy atom. The Morgan fingerprint density at radius 1 is 1.33 bits per heavy atom. The van der Waals surface area contributed by atoms with Crippen LogP contribution >= 0.6 is 11.6 Å². The van der Waals surface area contributed by atoms with Crippen LogP contribution < -0.4 is 15.4 Å². The second-order valence-corrected chi connectivity index (χ2v) is 6.11. The topological polar surface area (TPSA) is 66.0 Å². The van der Waals surface area contributed by atoms with Gasteiger partial charge in [-0.05, 0) is 38.1 Å². The zero-order valence-corrected chi connectivity index (χ0v) is 15.6. The summed E-state index contributed by atoms with van der Waals surface area (Å²) in [6, 6.07) is 7.42. The monoisotopic (exact) mass is 354 g/mol. The average molecular weight is 355 g/mol. The van der Waals surface area contributed by atoms with Crippen LogP contribution in [0.4, 0.5) is 0 Å². The van der Waals surface area contributed by atoms with Crippen LogP contribution in [0.3, 0.4) is 0 Å². The number of amides is 1. The lowest BCUT2D eigenvalue weighted by molar-refractivity contribution is -0.121. The van der Waals surface area contributed by atoms with Gasteiger partial charge >= 0.3 is 0 Å². The van der Waals surface area contributed by atoms with Gasteiger partial charge in [0, 0.05) is 38.1 Å². The molecule has 0 aromatic heterocycles. The SMILES string of the molecule is CN=C(NCCC(=O)NC(C)C)N(C)CCOc1ccc(Cl)cc1. The van der Waals surface area contributed by atoms with Crippen molar-refractivity contribution >= 4 is 23.5 Å². The molecule has 134 valence electrons. The van der Waals surface area contributed by atoms with Gasteiger partial charge in [-0.15, -0.1) is 0 Å². The Morgan fingerprint density at radius 3 is 2.58 bits per heavy atom. The second kappa shape index (κ2) is 10.8. The minimum absolute atomic E-state index is 0.0293. The lowest BCUT2D eigenvalue weighted by Gasteiger charge is -2.22. The van der Waals surface area contributed by atoms with Crippen LogP contribution in [0.1, 0.15) is 20.3 Å². The molecule has 0 aliphatic carbocycles. The van der Waals surface area contributed by atoms with Gasteiger partial charge in [0.05, 0.1) is 6.54 Å². The number of benzene rings is 1. The summed E-state index contributed by atoms with van der Waals surface area (Å²) in [4.78, 5) is 17.8. The van der Waals surface area contributed by atoms with Crippen LogP contribution in [0.25, 0.3) is 0 Å². The van der Waals surface area contributed by atoms with E-state index in [0.717, 1.165) is 11.7 Å². The van der Waals surface area contributed by atoms with Gasteiger partial charge in [0.25, 0.3) is 0 Å². The minimum Gasteiger partial charge on any atom is -0.492 e. The van der Waals surface area contributed by atoms with E-state index in [1.807, 2.05) is 37.9 Å². The van der Waals surface area contributed by atoms with E-state index in [0.29, 0.717) is 31.1 Å². The molecule has 0 bridgehead atoms. The van der Waals surface area contributed by atoms with Crippen molar-refractivity contribution < 1.29 is 9.53 Å². The van der Waals surface area contributed by atoms with Crippen LogP contribution in [-0.4, -0.2) is 56.6 Å². The molecule has 0 radical (unpaired) electrons. The lowest BCUT2D eigenvalue weighted by atomic mass is 10.3. The van der Waals surface area contributed by atoms with E-state index in [9.17, 15) is 4.79 Å². The predicted molar refractivity (Wildman–Crippen MR) is 98.8 cm³/mol. The van der Waals surface area contributed by atoms with Crippen LogP contribution in [0.5, 0.6) is 5.75 Å². The second-order valence-electron chi connectivity index (χ2n) is 5.67. The molecule has 24 heavy (non-hydrogen) atoms. The van der Waals surface area contributed by atoms with E-state index >= 15 is 0 Å². The van der Waals surface area contributed by atoms with Gasteiger partial charge in [-0.3, -0.25) is 9.79 Å². The van der Waals surface area contributed by atoms with Gasteiger partial charge in [0.2, 0.25) is 5.91 Å². The van der Waals surface area contributed by atoms with Crippen molar-refractivity contribution in [3.63, 3.8) is 0 Å². The number of likely N-dealkylation sites (N-methyl/N-ethyl adjacent to an activating group) is 1. The Labute approximate surface area is 149 Å². The maximum Gasteiger partial charge on any atom is 0.221 e. The lowest BCUT2D eigenvalue weighted by Crippen LogP contribution is -2.42. The molecule has 2 N–H and O–H groups in total. The highest BCUT2D eigenvalue weighted by Gasteiger charge is 2.07. The maximum absolute atomic E-state index is 11.6. The quantitative estimate of drug-likeness (QED) is 0.554. The number of nitrogens with zero attached hydrogens (tertiary/aromatic N) is 2. The largest absolute Gasteiger partial charge is 0.492 e. The molecule has 7 heteroatoms. The molecule has 1 amide bonds. The number of nitrogens with one attached hydrogen (secondary N) is 2. The van der Waals surface area contributed by atoms with Gasteiger partial charge in [0.1, 0.15) is 12.4 Å². The first-order valence-corrected chi connectivity index (χ1v) is 8.39. The van der Waals surface area contributed by atoms with Crippen molar-refractivity contribution in [2.75, 3.05) is 33.8 Å². The summed E-state index contributed by atoms with van der Waals surface area (Å²) in [5, 5.41) is 6.72. The molecule has 0 aliphatic heterocycles. The van der Waals surface area contributed by atoms with E-state index in [-0.39, 0.29) is 11.9 Å². The number of carbonyl (C=O) groups excluding carboxylic acids is 1. The average Bonchev–Trinajstić information content (AvgIpc) is 2.52. The van der Waals surface area contributed by atoms with Crippen molar-refractivity contribution in [2.24, 2.45) is 4.99 Å². The molecule has 0 saturated heterocycles. The summed E-state index contributed by atoms with van der Waals surface area (Å²) in [6.45, 7) is 5.61. The van der Waals surface area contributed by atoms with Gasteiger partial charge in [-0.1, -0.05) is 11.6 Å². The molecule has 0 aliphatic rings. The number of ether oxygens (including phenoxy) is 1. The fraction of sp³-hybridized carbons (Fsp3) is 0.529. The first kappa shape index (κ1) is 20.1. The molecule has 1 aromatic carbocycles. The van der Waals surface area contributed by atoms with E-state index < -0.39 is 0 Å². The van der Waals surface area contributed by atoms with E-state index in [4.69, 9.17) is 16.3 Å². The Hall–Kier alpha value is -1.95. The number of hydrogen-bond acceptors (Lipinski definition) is 3. The van der Waals surface area contributed by atoms with Crippen LogP contribution in [0.2, 0.25) is 5.02 Å². The molecule has 0 saturated carbocycles. The van der Waals surface area contributed by atoms with E-state index in [1.54, 1.807) is 19.2 Å². The van der Waals surface area contributed by atoms with Gasteiger partial charge < -0.3 is 20.3 Å². The molecular weight excluding hydrogens is 328 g/mol. The number of aliphatic imine (C=N–C) groups is 1. The number of guanidine groups is 1. The van der Waals surface area contributed by atoms with Crippen molar-refractivity contribution in [1.82, 2.24) is 15.5 Å².